The van der Waals surface area contributed by atoms with Crippen molar-refractivity contribution in [3.8, 4) is 0 Å². The molecule has 4 heteroatoms. The van der Waals surface area contributed by atoms with Crippen LogP contribution in [0.4, 0.5) is 0 Å². The number of aromatic nitrogens is 2. The second kappa shape index (κ2) is 6.69. The van der Waals surface area contributed by atoms with Crippen molar-refractivity contribution in [2.45, 2.75) is 51.6 Å². The van der Waals surface area contributed by atoms with E-state index in [1.165, 1.54) is 32.1 Å². The summed E-state index contributed by atoms with van der Waals surface area (Å²) < 4.78 is 1.59. The number of likely N-dealkylation sites (N-methyl/N-ethyl adjacent to an activating group) is 1. The lowest BCUT2D eigenvalue weighted by atomic mass is 9.84. The van der Waals surface area contributed by atoms with Crippen molar-refractivity contribution in [3.63, 3.8) is 0 Å². The largest absolute Gasteiger partial charge is 0.312 e. The summed E-state index contributed by atoms with van der Waals surface area (Å²) in [4.78, 5) is 11.7. The molecule has 2 rings (SSSR count). The van der Waals surface area contributed by atoms with Gasteiger partial charge in [-0.1, -0.05) is 26.2 Å². The van der Waals surface area contributed by atoms with Crippen LogP contribution in [0.25, 0.3) is 0 Å². The first-order chi connectivity index (χ1) is 8.81. The van der Waals surface area contributed by atoms with Gasteiger partial charge >= 0.3 is 0 Å². The number of nitrogens with one attached hydrogen (secondary N) is 1. The molecule has 1 N–H and O–H groups in total. The topological polar surface area (TPSA) is 46.9 Å². The smallest absolute Gasteiger partial charge is 0.266 e. The summed E-state index contributed by atoms with van der Waals surface area (Å²) in [6.45, 7) is 3.76. The first-order valence-electron chi connectivity index (χ1n) is 7.06. The molecule has 0 radical (unpaired) electrons. The summed E-state index contributed by atoms with van der Waals surface area (Å²) in [5.41, 5.74) is -0.00351. The first-order valence-corrected chi connectivity index (χ1v) is 7.06. The van der Waals surface area contributed by atoms with Gasteiger partial charge in [-0.2, -0.15) is 5.10 Å². The van der Waals surface area contributed by atoms with Gasteiger partial charge in [-0.05, 0) is 31.4 Å². The Morgan fingerprint density at radius 3 is 2.89 bits per heavy atom. The molecule has 4 nitrogen and oxygen atoms in total. The molecule has 0 spiro atoms. The normalized spacial score (nSPS) is 18.7. The van der Waals surface area contributed by atoms with Crippen molar-refractivity contribution in [2.75, 3.05) is 6.54 Å². The minimum Gasteiger partial charge on any atom is -0.312 e. The quantitative estimate of drug-likeness (QED) is 0.865. The molecule has 1 aliphatic rings. The lowest BCUT2D eigenvalue weighted by Gasteiger charge is -2.30. The molecule has 1 fully saturated rings. The van der Waals surface area contributed by atoms with E-state index >= 15 is 0 Å². The van der Waals surface area contributed by atoms with E-state index in [0.717, 1.165) is 6.54 Å². The second-order valence-electron chi connectivity index (χ2n) is 5.11. The van der Waals surface area contributed by atoms with Crippen LogP contribution >= 0.6 is 0 Å². The van der Waals surface area contributed by atoms with Crippen LogP contribution in [-0.2, 0) is 6.54 Å². The Labute approximate surface area is 108 Å². The highest BCUT2D eigenvalue weighted by Gasteiger charge is 2.23. The zero-order chi connectivity index (χ0) is 12.8. The third kappa shape index (κ3) is 3.42. The first kappa shape index (κ1) is 13.3. The van der Waals surface area contributed by atoms with Gasteiger partial charge in [0.05, 0.1) is 6.54 Å². The third-order valence-electron chi connectivity index (χ3n) is 3.84. The average Bonchev–Trinajstić information content (AvgIpc) is 2.42. The summed E-state index contributed by atoms with van der Waals surface area (Å²) in [6.07, 6.45) is 8.25. The van der Waals surface area contributed by atoms with Crippen molar-refractivity contribution < 1.29 is 0 Å². The van der Waals surface area contributed by atoms with Gasteiger partial charge in [0.2, 0.25) is 0 Å². The number of nitrogens with zero attached hydrogens (tertiary/aromatic N) is 2. The van der Waals surface area contributed by atoms with Crippen LogP contribution in [0, 0.1) is 5.92 Å². The molecule has 0 amide bonds. The highest BCUT2D eigenvalue weighted by atomic mass is 16.1. The fourth-order valence-corrected chi connectivity index (χ4v) is 2.89. The van der Waals surface area contributed by atoms with Crippen molar-refractivity contribution >= 4 is 0 Å². The number of hydrogen-bond acceptors (Lipinski definition) is 3. The molecule has 1 aromatic heterocycles. The molecule has 1 saturated carbocycles. The Kier molecular flexibility index (Phi) is 4.93. The fourth-order valence-electron chi connectivity index (χ4n) is 2.89. The van der Waals surface area contributed by atoms with Crippen LogP contribution in [0.1, 0.15) is 39.0 Å². The number of rotatable bonds is 5. The zero-order valence-corrected chi connectivity index (χ0v) is 11.1. The van der Waals surface area contributed by atoms with Gasteiger partial charge in [-0.3, -0.25) is 4.79 Å². The fraction of sp³-hybridized carbons (Fsp3) is 0.714. The average molecular weight is 249 g/mol. The van der Waals surface area contributed by atoms with Crippen LogP contribution in [0.3, 0.4) is 0 Å². The summed E-state index contributed by atoms with van der Waals surface area (Å²) in [5.74, 6) is 0.688. The van der Waals surface area contributed by atoms with Crippen LogP contribution in [0.2, 0.25) is 0 Å². The molecular weight excluding hydrogens is 226 g/mol. The molecule has 1 unspecified atom stereocenters. The molecular formula is C14H23N3O. The Balaban J connectivity index is 2.05. The van der Waals surface area contributed by atoms with Crippen molar-refractivity contribution in [1.29, 1.82) is 0 Å². The molecule has 18 heavy (non-hydrogen) atoms. The van der Waals surface area contributed by atoms with Crippen molar-refractivity contribution in [3.05, 3.63) is 28.7 Å². The summed E-state index contributed by atoms with van der Waals surface area (Å²) in [5, 5.41) is 7.69. The molecule has 1 atom stereocenters. The third-order valence-corrected chi connectivity index (χ3v) is 3.84. The summed E-state index contributed by atoms with van der Waals surface area (Å²) in [6, 6.07) is 3.65. The maximum Gasteiger partial charge on any atom is 0.266 e. The Morgan fingerprint density at radius 2 is 2.22 bits per heavy atom. The molecule has 0 aliphatic heterocycles. The van der Waals surface area contributed by atoms with E-state index in [4.69, 9.17) is 0 Å². The zero-order valence-electron chi connectivity index (χ0n) is 11.1. The standard InChI is InChI=1S/C14H23N3O/c1-2-15-13(12-7-4-3-5-8-12)11-17-14(18)9-6-10-16-17/h6,9-10,12-13,15H,2-5,7-8,11H2,1H3. The lowest BCUT2D eigenvalue weighted by molar-refractivity contribution is 0.242. The maximum absolute atomic E-state index is 11.7. The van der Waals surface area contributed by atoms with Gasteiger partial charge in [0.1, 0.15) is 0 Å². The highest BCUT2D eigenvalue weighted by molar-refractivity contribution is 4.87. The van der Waals surface area contributed by atoms with E-state index in [1.54, 1.807) is 23.0 Å². The van der Waals surface area contributed by atoms with Gasteiger partial charge in [0.25, 0.3) is 5.56 Å². The summed E-state index contributed by atoms with van der Waals surface area (Å²) >= 11 is 0. The minimum absolute atomic E-state index is 0.00351. The molecule has 100 valence electrons. The van der Waals surface area contributed by atoms with E-state index < -0.39 is 0 Å². The Hall–Kier alpha value is -1.16. The van der Waals surface area contributed by atoms with Gasteiger partial charge in [0.15, 0.2) is 0 Å². The van der Waals surface area contributed by atoms with Crippen molar-refractivity contribution in [1.82, 2.24) is 15.1 Å². The maximum atomic E-state index is 11.7. The molecule has 0 aromatic carbocycles. The van der Waals surface area contributed by atoms with E-state index in [-0.39, 0.29) is 5.56 Å². The predicted octanol–water partition coefficient (Wildman–Crippen LogP) is 1.80. The minimum atomic E-state index is -0.00351. The van der Waals surface area contributed by atoms with Gasteiger partial charge in [-0.25, -0.2) is 4.68 Å². The molecule has 0 saturated heterocycles. The van der Waals surface area contributed by atoms with Crippen LogP contribution in [0.15, 0.2) is 23.1 Å². The van der Waals surface area contributed by atoms with Crippen LogP contribution in [-0.4, -0.2) is 22.4 Å². The van der Waals surface area contributed by atoms with Crippen LogP contribution < -0.4 is 10.9 Å². The lowest BCUT2D eigenvalue weighted by Crippen LogP contribution is -2.43. The monoisotopic (exact) mass is 249 g/mol. The van der Waals surface area contributed by atoms with Gasteiger partial charge < -0.3 is 5.32 Å². The highest BCUT2D eigenvalue weighted by Crippen LogP contribution is 2.26. The molecule has 0 bridgehead atoms. The van der Waals surface area contributed by atoms with E-state index in [2.05, 4.69) is 17.3 Å². The Bertz CT molecular complexity index is 410. The van der Waals surface area contributed by atoms with Gasteiger partial charge in [0, 0.05) is 18.3 Å². The van der Waals surface area contributed by atoms with Crippen LogP contribution in [0.5, 0.6) is 0 Å². The molecule has 1 aromatic rings. The van der Waals surface area contributed by atoms with E-state index in [0.29, 0.717) is 18.5 Å². The summed E-state index contributed by atoms with van der Waals surface area (Å²) in [7, 11) is 0. The Morgan fingerprint density at radius 1 is 1.44 bits per heavy atom. The number of hydrogen-bond donors (Lipinski definition) is 1. The van der Waals surface area contributed by atoms with E-state index in [9.17, 15) is 4.79 Å². The predicted molar refractivity (Wildman–Crippen MR) is 72.5 cm³/mol. The second-order valence-corrected chi connectivity index (χ2v) is 5.11. The molecule has 1 aliphatic carbocycles. The van der Waals surface area contributed by atoms with Gasteiger partial charge in [-0.15, -0.1) is 0 Å². The van der Waals surface area contributed by atoms with E-state index in [1.807, 2.05) is 0 Å². The molecule has 1 heterocycles. The van der Waals surface area contributed by atoms with Crippen molar-refractivity contribution in [2.24, 2.45) is 5.92 Å². The SMILES string of the molecule is CCNC(Cn1ncccc1=O)C1CCCCC1.